The van der Waals surface area contributed by atoms with Crippen molar-refractivity contribution in [1.82, 2.24) is 10.2 Å². The van der Waals surface area contributed by atoms with Crippen LogP contribution in [0.3, 0.4) is 0 Å². The number of fused-ring (bicyclic) bond motifs is 1. The van der Waals surface area contributed by atoms with Crippen molar-refractivity contribution in [2.24, 2.45) is 0 Å². The molecule has 0 radical (unpaired) electrons. The Hall–Kier alpha value is -2.74. The summed E-state index contributed by atoms with van der Waals surface area (Å²) in [5.74, 6) is -1.83. The number of benzene rings is 1. The van der Waals surface area contributed by atoms with Crippen LogP contribution in [-0.2, 0) is 14.3 Å². The van der Waals surface area contributed by atoms with Crippen molar-refractivity contribution < 1.29 is 28.7 Å². The highest BCUT2D eigenvalue weighted by Crippen LogP contribution is 2.31. The third-order valence-corrected chi connectivity index (χ3v) is 5.25. The lowest BCUT2D eigenvalue weighted by atomic mass is 9.94. The third kappa shape index (κ3) is 4.64. The van der Waals surface area contributed by atoms with E-state index in [1.807, 2.05) is 0 Å². The highest BCUT2D eigenvalue weighted by Gasteiger charge is 2.40. The summed E-state index contributed by atoms with van der Waals surface area (Å²) >= 11 is 0. The van der Waals surface area contributed by atoms with Crippen LogP contribution in [0.2, 0.25) is 0 Å². The lowest BCUT2D eigenvalue weighted by molar-refractivity contribution is -0.125. The predicted molar refractivity (Wildman–Crippen MR) is 104 cm³/mol. The molecular formula is C21H26N2O6. The van der Waals surface area contributed by atoms with Gasteiger partial charge in [0, 0.05) is 19.2 Å². The van der Waals surface area contributed by atoms with Gasteiger partial charge in [0.25, 0.3) is 17.7 Å². The fourth-order valence-electron chi connectivity index (χ4n) is 3.88. The van der Waals surface area contributed by atoms with Crippen molar-refractivity contribution in [1.29, 1.82) is 0 Å². The molecule has 2 aliphatic rings. The molecule has 156 valence electrons. The van der Waals surface area contributed by atoms with Gasteiger partial charge >= 0.3 is 5.97 Å². The second-order valence-electron chi connectivity index (χ2n) is 7.53. The molecule has 1 saturated carbocycles. The maximum absolute atomic E-state index is 12.8. The molecule has 8 nitrogen and oxygen atoms in total. The van der Waals surface area contributed by atoms with Gasteiger partial charge in [-0.25, -0.2) is 4.79 Å². The molecular weight excluding hydrogens is 376 g/mol. The van der Waals surface area contributed by atoms with Crippen LogP contribution in [-0.4, -0.2) is 61.0 Å². The molecule has 1 aliphatic heterocycles. The van der Waals surface area contributed by atoms with E-state index in [-0.39, 0.29) is 35.0 Å². The summed E-state index contributed by atoms with van der Waals surface area (Å²) in [4.78, 5) is 50.9. The molecule has 1 aromatic carbocycles. The molecule has 1 atom stereocenters. The standard InChI is InChI=1S/C21H26N2O6/c1-13(11-28-2)22-18(24)12-29-21(27)14-8-9-16-17(10-14)20(26)23(19(16)25)15-6-4-3-5-7-15/h8-10,13,15H,3-7,11-12H2,1-2H3,(H,22,24). The quantitative estimate of drug-likeness (QED) is 0.552. The summed E-state index contributed by atoms with van der Waals surface area (Å²) in [5, 5.41) is 2.64. The maximum Gasteiger partial charge on any atom is 0.338 e. The van der Waals surface area contributed by atoms with Crippen molar-refractivity contribution >= 4 is 23.7 Å². The van der Waals surface area contributed by atoms with Crippen molar-refractivity contribution in [3.8, 4) is 0 Å². The molecule has 1 aromatic rings. The Morgan fingerprint density at radius 1 is 1.14 bits per heavy atom. The zero-order chi connectivity index (χ0) is 21.0. The minimum atomic E-state index is -0.723. The van der Waals surface area contributed by atoms with Crippen molar-refractivity contribution in [2.75, 3.05) is 20.3 Å². The molecule has 1 aliphatic carbocycles. The number of rotatable bonds is 7. The number of ether oxygens (including phenoxy) is 2. The molecule has 3 amide bonds. The Morgan fingerprint density at radius 2 is 1.83 bits per heavy atom. The molecule has 1 heterocycles. The molecule has 0 saturated heterocycles. The van der Waals surface area contributed by atoms with Crippen molar-refractivity contribution in [3.05, 3.63) is 34.9 Å². The molecule has 8 heteroatoms. The molecule has 3 rings (SSSR count). The first-order chi connectivity index (χ1) is 13.9. The van der Waals surface area contributed by atoms with Gasteiger partial charge < -0.3 is 14.8 Å². The highest BCUT2D eigenvalue weighted by atomic mass is 16.5. The summed E-state index contributed by atoms with van der Waals surface area (Å²) in [6.45, 7) is 1.67. The van der Waals surface area contributed by atoms with Gasteiger partial charge in [-0.2, -0.15) is 0 Å². The van der Waals surface area contributed by atoms with Gasteiger partial charge in [0.05, 0.1) is 23.3 Å². The molecule has 29 heavy (non-hydrogen) atoms. The number of methoxy groups -OCH3 is 1. The Kier molecular flexibility index (Phi) is 6.64. The average Bonchev–Trinajstić information content (AvgIpc) is 2.96. The molecule has 1 unspecified atom stereocenters. The van der Waals surface area contributed by atoms with Gasteiger partial charge in [-0.15, -0.1) is 0 Å². The monoisotopic (exact) mass is 402 g/mol. The predicted octanol–water partition coefficient (Wildman–Crippen LogP) is 1.92. The van der Waals surface area contributed by atoms with E-state index in [0.717, 1.165) is 32.1 Å². The van der Waals surface area contributed by atoms with Crippen LogP contribution in [0.1, 0.15) is 70.1 Å². The van der Waals surface area contributed by atoms with E-state index in [0.29, 0.717) is 12.2 Å². The fraction of sp³-hybridized carbons (Fsp3) is 0.524. The minimum absolute atomic E-state index is 0.0793. The van der Waals surface area contributed by atoms with Gasteiger partial charge in [-0.3, -0.25) is 19.3 Å². The molecule has 1 fully saturated rings. The van der Waals surface area contributed by atoms with Crippen LogP contribution in [0.5, 0.6) is 0 Å². The van der Waals surface area contributed by atoms with E-state index in [2.05, 4.69) is 5.32 Å². The van der Waals surface area contributed by atoms with E-state index in [9.17, 15) is 19.2 Å². The van der Waals surface area contributed by atoms with Gasteiger partial charge in [-0.1, -0.05) is 19.3 Å². The van der Waals surface area contributed by atoms with Crippen molar-refractivity contribution in [3.63, 3.8) is 0 Å². The summed E-state index contributed by atoms with van der Waals surface area (Å²) in [7, 11) is 1.53. The molecule has 0 bridgehead atoms. The van der Waals surface area contributed by atoms with Crippen LogP contribution in [0.25, 0.3) is 0 Å². The normalized spacial score (nSPS) is 17.8. The van der Waals surface area contributed by atoms with Gasteiger partial charge in [-0.05, 0) is 38.0 Å². The lowest BCUT2D eigenvalue weighted by Crippen LogP contribution is -2.40. The summed E-state index contributed by atoms with van der Waals surface area (Å²) in [5.41, 5.74) is 0.657. The number of carbonyl (C=O) groups excluding carboxylic acids is 4. The van der Waals surface area contributed by atoms with Crippen LogP contribution < -0.4 is 5.32 Å². The van der Waals surface area contributed by atoms with Crippen LogP contribution in [0.15, 0.2) is 18.2 Å². The Balaban J connectivity index is 1.64. The molecule has 0 aromatic heterocycles. The Labute approximate surface area is 169 Å². The first-order valence-corrected chi connectivity index (χ1v) is 9.89. The second-order valence-corrected chi connectivity index (χ2v) is 7.53. The van der Waals surface area contributed by atoms with E-state index in [4.69, 9.17) is 9.47 Å². The Morgan fingerprint density at radius 3 is 2.52 bits per heavy atom. The number of amides is 3. The zero-order valence-corrected chi connectivity index (χ0v) is 16.7. The highest BCUT2D eigenvalue weighted by molar-refractivity contribution is 6.22. The van der Waals surface area contributed by atoms with E-state index in [1.54, 1.807) is 6.92 Å². The number of hydrogen-bond acceptors (Lipinski definition) is 6. The van der Waals surface area contributed by atoms with Gasteiger partial charge in [0.15, 0.2) is 6.61 Å². The topological polar surface area (TPSA) is 102 Å². The summed E-state index contributed by atoms with van der Waals surface area (Å²) in [6, 6.07) is 4.02. The number of imide groups is 1. The first kappa shape index (κ1) is 21.0. The lowest BCUT2D eigenvalue weighted by Gasteiger charge is -2.29. The van der Waals surface area contributed by atoms with Gasteiger partial charge in [0.1, 0.15) is 0 Å². The van der Waals surface area contributed by atoms with E-state index >= 15 is 0 Å². The number of hydrogen-bond donors (Lipinski definition) is 1. The van der Waals surface area contributed by atoms with Crippen LogP contribution >= 0.6 is 0 Å². The maximum atomic E-state index is 12.8. The summed E-state index contributed by atoms with van der Waals surface area (Å²) < 4.78 is 9.96. The Bertz CT molecular complexity index is 815. The largest absolute Gasteiger partial charge is 0.452 e. The minimum Gasteiger partial charge on any atom is -0.452 e. The van der Waals surface area contributed by atoms with Crippen LogP contribution in [0.4, 0.5) is 0 Å². The smallest absolute Gasteiger partial charge is 0.338 e. The third-order valence-electron chi connectivity index (χ3n) is 5.25. The van der Waals surface area contributed by atoms with Crippen LogP contribution in [0, 0.1) is 0 Å². The molecule has 1 N–H and O–H groups in total. The van der Waals surface area contributed by atoms with Crippen molar-refractivity contribution in [2.45, 2.75) is 51.1 Å². The summed E-state index contributed by atoms with van der Waals surface area (Å²) in [6.07, 6.45) is 4.75. The molecule has 0 spiro atoms. The second kappa shape index (κ2) is 9.17. The fourth-order valence-corrected chi connectivity index (χ4v) is 3.88. The first-order valence-electron chi connectivity index (χ1n) is 9.89. The van der Waals surface area contributed by atoms with E-state index in [1.165, 1.54) is 30.2 Å². The number of carbonyl (C=O) groups is 4. The number of nitrogens with zero attached hydrogens (tertiary/aromatic N) is 1. The van der Waals surface area contributed by atoms with Gasteiger partial charge in [0.2, 0.25) is 0 Å². The SMILES string of the molecule is COCC(C)NC(=O)COC(=O)c1ccc2c(c1)C(=O)N(C1CCCCC1)C2=O. The zero-order valence-electron chi connectivity index (χ0n) is 16.7. The average molecular weight is 402 g/mol. The number of nitrogens with one attached hydrogen (secondary N) is 1. The number of esters is 1. The van der Waals surface area contributed by atoms with E-state index < -0.39 is 18.5 Å².